The Labute approximate surface area is 63.8 Å². The lowest BCUT2D eigenvalue weighted by Crippen LogP contribution is -1.99. The fourth-order valence-electron chi connectivity index (χ4n) is 0.819. The zero-order chi connectivity index (χ0) is 7.98. The second-order valence-electron chi connectivity index (χ2n) is 2.17. The molecule has 0 N–H and O–H groups in total. The molecule has 0 rings (SSSR count). The number of hydrogen-bond donors (Lipinski definition) is 0. The molecule has 0 heterocycles. The van der Waals surface area contributed by atoms with Crippen molar-refractivity contribution in [2.75, 3.05) is 6.61 Å². The molecule has 0 bridgehead atoms. The van der Waals surface area contributed by atoms with Gasteiger partial charge in [-0.05, 0) is 24.3 Å². The van der Waals surface area contributed by atoms with Crippen LogP contribution in [0, 0.1) is 0 Å². The molecule has 60 valence electrons. The molecule has 0 aliphatic rings. The van der Waals surface area contributed by atoms with Crippen LogP contribution >= 0.6 is 8.03 Å². The van der Waals surface area contributed by atoms with Crippen molar-refractivity contribution in [1.29, 1.82) is 0 Å². The van der Waals surface area contributed by atoms with Crippen LogP contribution in [0.25, 0.3) is 0 Å². The molecule has 0 fully saturated rings. The Balaban J connectivity index is 3.65. The maximum absolute atomic E-state index is 11.1. The molecule has 0 aliphatic carbocycles. The molecule has 2 nitrogen and oxygen atoms in total. The third kappa shape index (κ3) is 3.28. The van der Waals surface area contributed by atoms with E-state index >= 15 is 0 Å². The van der Waals surface area contributed by atoms with E-state index in [-0.39, 0.29) is 5.66 Å². The SMILES string of the molecule is CCO[P+](=O)C(CC)CC. The van der Waals surface area contributed by atoms with E-state index in [1.165, 1.54) is 0 Å². The van der Waals surface area contributed by atoms with Gasteiger partial charge >= 0.3 is 8.03 Å². The minimum Gasteiger partial charge on any atom is -0.146 e. The van der Waals surface area contributed by atoms with Crippen molar-refractivity contribution in [3.8, 4) is 0 Å². The lowest BCUT2D eigenvalue weighted by Gasteiger charge is -1.96. The Hall–Kier alpha value is 0.0600. The predicted octanol–water partition coefficient (Wildman–Crippen LogP) is 2.95. The van der Waals surface area contributed by atoms with Crippen LogP contribution in [0.4, 0.5) is 0 Å². The molecule has 10 heavy (non-hydrogen) atoms. The van der Waals surface area contributed by atoms with Crippen molar-refractivity contribution in [2.45, 2.75) is 39.3 Å². The first-order chi connectivity index (χ1) is 4.76. The van der Waals surface area contributed by atoms with E-state index in [1.807, 2.05) is 20.8 Å². The van der Waals surface area contributed by atoms with Gasteiger partial charge in [-0.25, -0.2) is 0 Å². The standard InChI is InChI=1S/C7H16O2P/c1-4-7(5-2)10(8)9-6-3/h7H,4-6H2,1-3H3/q+1. The maximum atomic E-state index is 11.1. The van der Waals surface area contributed by atoms with Crippen molar-refractivity contribution in [3.63, 3.8) is 0 Å². The lowest BCUT2D eigenvalue weighted by molar-refractivity contribution is 0.341. The van der Waals surface area contributed by atoms with Gasteiger partial charge in [-0.1, -0.05) is 13.8 Å². The summed E-state index contributed by atoms with van der Waals surface area (Å²) >= 11 is 0. The van der Waals surface area contributed by atoms with Gasteiger partial charge in [0.1, 0.15) is 0 Å². The molecule has 1 unspecified atom stereocenters. The van der Waals surface area contributed by atoms with Gasteiger partial charge in [0, 0.05) is 0 Å². The molecule has 0 radical (unpaired) electrons. The van der Waals surface area contributed by atoms with Crippen LogP contribution in [0.1, 0.15) is 33.6 Å². The Morgan fingerprint density at radius 2 is 1.80 bits per heavy atom. The van der Waals surface area contributed by atoms with Crippen LogP contribution in [0.15, 0.2) is 0 Å². The summed E-state index contributed by atoms with van der Waals surface area (Å²) in [5.74, 6) is 0. The molecule has 0 aromatic rings. The maximum Gasteiger partial charge on any atom is 0.511 e. The number of hydrogen-bond acceptors (Lipinski definition) is 2. The molecule has 3 heteroatoms. The Morgan fingerprint density at radius 3 is 2.10 bits per heavy atom. The second-order valence-corrected chi connectivity index (χ2v) is 3.73. The average Bonchev–Trinajstić information content (AvgIpc) is 1.91. The predicted molar refractivity (Wildman–Crippen MR) is 43.6 cm³/mol. The first kappa shape index (κ1) is 10.1. The second kappa shape index (κ2) is 5.82. The van der Waals surface area contributed by atoms with Crippen molar-refractivity contribution >= 4 is 8.03 Å². The summed E-state index contributed by atoms with van der Waals surface area (Å²) in [5.41, 5.74) is 0.259. The highest BCUT2D eigenvalue weighted by Gasteiger charge is 2.27. The van der Waals surface area contributed by atoms with E-state index in [4.69, 9.17) is 4.52 Å². The van der Waals surface area contributed by atoms with Crippen LogP contribution in [0.5, 0.6) is 0 Å². The largest absolute Gasteiger partial charge is 0.511 e. The summed E-state index contributed by atoms with van der Waals surface area (Å²) in [5, 5.41) is 0. The minimum absolute atomic E-state index is 0.259. The van der Waals surface area contributed by atoms with Crippen LogP contribution < -0.4 is 0 Å². The van der Waals surface area contributed by atoms with Crippen molar-refractivity contribution in [2.24, 2.45) is 0 Å². The molecule has 0 amide bonds. The van der Waals surface area contributed by atoms with Gasteiger partial charge in [-0.15, -0.1) is 4.52 Å². The number of rotatable bonds is 5. The highest BCUT2D eigenvalue weighted by atomic mass is 31.1. The van der Waals surface area contributed by atoms with Gasteiger partial charge in [0.15, 0.2) is 5.66 Å². The molecule has 0 aliphatic heterocycles. The third-order valence-corrected chi connectivity index (χ3v) is 3.34. The van der Waals surface area contributed by atoms with Crippen LogP contribution in [-0.4, -0.2) is 12.3 Å². The summed E-state index contributed by atoms with van der Waals surface area (Å²) in [6.07, 6.45) is 1.90. The van der Waals surface area contributed by atoms with E-state index in [2.05, 4.69) is 0 Å². The topological polar surface area (TPSA) is 26.3 Å². The average molecular weight is 163 g/mol. The van der Waals surface area contributed by atoms with E-state index in [0.717, 1.165) is 12.8 Å². The summed E-state index contributed by atoms with van der Waals surface area (Å²) in [6.45, 7) is 6.52. The molecule has 0 saturated heterocycles. The molecule has 0 aromatic heterocycles. The van der Waals surface area contributed by atoms with Gasteiger partial charge in [-0.3, -0.25) is 0 Å². The van der Waals surface area contributed by atoms with Gasteiger partial charge in [-0.2, -0.15) is 0 Å². The van der Waals surface area contributed by atoms with E-state index in [0.29, 0.717) is 6.61 Å². The smallest absolute Gasteiger partial charge is 0.146 e. The van der Waals surface area contributed by atoms with Crippen LogP contribution in [0.3, 0.4) is 0 Å². The van der Waals surface area contributed by atoms with Gasteiger partial charge in [0.05, 0.1) is 6.61 Å². The molecular formula is C7H16O2P+. The lowest BCUT2D eigenvalue weighted by atomic mass is 10.3. The van der Waals surface area contributed by atoms with E-state index in [9.17, 15) is 4.57 Å². The quantitative estimate of drug-likeness (QED) is 0.582. The third-order valence-electron chi connectivity index (χ3n) is 1.50. The molecule has 0 saturated carbocycles. The fourth-order valence-corrected chi connectivity index (χ4v) is 1.88. The highest BCUT2D eigenvalue weighted by Crippen LogP contribution is 2.33. The molecule has 0 aromatic carbocycles. The zero-order valence-corrected chi connectivity index (χ0v) is 7.86. The highest BCUT2D eigenvalue weighted by molar-refractivity contribution is 7.40. The van der Waals surface area contributed by atoms with E-state index in [1.54, 1.807) is 0 Å². The summed E-state index contributed by atoms with van der Waals surface area (Å²) in [4.78, 5) is 0. The molecular weight excluding hydrogens is 147 g/mol. The fraction of sp³-hybridized carbons (Fsp3) is 1.00. The Morgan fingerprint density at radius 1 is 1.30 bits per heavy atom. The monoisotopic (exact) mass is 163 g/mol. The van der Waals surface area contributed by atoms with Gasteiger partial charge < -0.3 is 0 Å². The summed E-state index contributed by atoms with van der Waals surface area (Å²) < 4.78 is 16.1. The summed E-state index contributed by atoms with van der Waals surface area (Å²) in [7, 11) is -1.39. The van der Waals surface area contributed by atoms with Gasteiger partial charge in [0.25, 0.3) is 0 Å². The zero-order valence-electron chi connectivity index (χ0n) is 6.96. The first-order valence-corrected chi connectivity index (χ1v) is 5.10. The van der Waals surface area contributed by atoms with Crippen LogP contribution in [0.2, 0.25) is 0 Å². The Bertz CT molecular complexity index is 99.8. The molecule has 1 atom stereocenters. The van der Waals surface area contributed by atoms with Crippen LogP contribution in [-0.2, 0) is 9.09 Å². The first-order valence-electron chi connectivity index (χ1n) is 3.85. The summed E-state index contributed by atoms with van der Waals surface area (Å²) in [6, 6.07) is 0. The van der Waals surface area contributed by atoms with E-state index < -0.39 is 8.03 Å². The van der Waals surface area contributed by atoms with Crippen molar-refractivity contribution in [1.82, 2.24) is 0 Å². The van der Waals surface area contributed by atoms with Crippen molar-refractivity contribution < 1.29 is 9.09 Å². The van der Waals surface area contributed by atoms with Crippen molar-refractivity contribution in [3.05, 3.63) is 0 Å². The normalized spacial score (nSPS) is 12.2. The molecule has 0 spiro atoms. The van der Waals surface area contributed by atoms with Gasteiger partial charge in [0.2, 0.25) is 0 Å². The Kier molecular flexibility index (Phi) is 5.85. The minimum atomic E-state index is -1.39.